The molecule has 10 nitrogen and oxygen atoms in total. The maximum absolute atomic E-state index is 13.8. The molecule has 0 radical (unpaired) electrons. The maximum Gasteiger partial charge on any atom is 0.296 e. The molecule has 0 bridgehead atoms. The van der Waals surface area contributed by atoms with Gasteiger partial charge < -0.3 is 20.1 Å². The van der Waals surface area contributed by atoms with Crippen LogP contribution in [0.15, 0.2) is 163 Å². The summed E-state index contributed by atoms with van der Waals surface area (Å²) < 4.78 is 6.31. The van der Waals surface area contributed by atoms with E-state index in [-0.39, 0.29) is 29.7 Å². The third-order valence-corrected chi connectivity index (χ3v) is 10.6. The van der Waals surface area contributed by atoms with Crippen LogP contribution in [0.5, 0.6) is 0 Å². The summed E-state index contributed by atoms with van der Waals surface area (Å²) in [5.41, 5.74) is 3.57. The Hall–Kier alpha value is -6.98. The van der Waals surface area contributed by atoms with E-state index in [1.165, 1.54) is 6.07 Å². The standard InChI is InChI=1S/C26H20ClNO3.C15H12O2.C8H4ClNO2.C3H8O/c1-2-15-28-21-14-13-19(27)16-20(21)26(25(28)30)22(23(29)17-9-5-3-6-10-17)24(31-26)18-11-7-4-8-12-18;16-14(12-7-3-1-4-8-12)11-15(17)13-9-5-2-6-10-13;9-4-1-2-6-5(3-4)7(11)8(12)10-6;1-2-3-4/h3-14,16H,2,15H2,1H3;1-10H,11H2;1-3H,(H,10,11,12);4H,2-3H2,1H3/t26-;;;/m1.../s1. The number of halogens is 2. The van der Waals surface area contributed by atoms with Gasteiger partial charge in [0.15, 0.2) is 17.3 Å². The Bertz CT molecular complexity index is 2660. The van der Waals surface area contributed by atoms with E-state index in [1.54, 1.807) is 89.8 Å². The first kappa shape index (κ1) is 46.5. The first-order chi connectivity index (χ1) is 30.9. The fourth-order valence-corrected chi connectivity index (χ4v) is 7.44. The van der Waals surface area contributed by atoms with Gasteiger partial charge in [0.2, 0.25) is 5.60 Å². The molecule has 2 N–H and O–H groups in total. The van der Waals surface area contributed by atoms with Gasteiger partial charge in [-0.3, -0.25) is 28.8 Å². The monoisotopic (exact) mass is 894 g/mol. The lowest BCUT2D eigenvalue weighted by atomic mass is 9.76. The quantitative estimate of drug-likeness (QED) is 0.0785. The molecule has 324 valence electrons. The Balaban J connectivity index is 0.000000172. The van der Waals surface area contributed by atoms with Crippen LogP contribution in [-0.2, 0) is 19.9 Å². The molecule has 6 aromatic rings. The molecule has 3 aliphatic rings. The molecule has 9 rings (SSSR count). The molecule has 6 aromatic carbocycles. The zero-order chi connectivity index (χ0) is 45.8. The minimum atomic E-state index is -1.48. The van der Waals surface area contributed by atoms with Crippen molar-refractivity contribution in [2.75, 3.05) is 23.4 Å². The second-order valence-electron chi connectivity index (χ2n) is 14.6. The van der Waals surface area contributed by atoms with Crippen molar-refractivity contribution in [1.82, 2.24) is 0 Å². The Labute approximate surface area is 381 Å². The molecule has 1 atom stereocenters. The molecule has 0 aliphatic carbocycles. The lowest BCUT2D eigenvalue weighted by Gasteiger charge is -2.42. The number of hydrogen-bond donors (Lipinski definition) is 2. The van der Waals surface area contributed by atoms with Gasteiger partial charge in [0.25, 0.3) is 17.6 Å². The second kappa shape index (κ2) is 21.4. The number of Topliss-reactive ketones (excluding diaryl/α,β-unsaturated/α-hetero) is 4. The fraction of sp³-hybridized carbons (Fsp3) is 0.154. The summed E-state index contributed by atoms with van der Waals surface area (Å²) in [6, 6.07) is 46.2. The number of nitrogens with one attached hydrogen (secondary N) is 1. The Morgan fingerprint density at radius 2 is 1.16 bits per heavy atom. The molecule has 2 amide bonds. The highest BCUT2D eigenvalue weighted by molar-refractivity contribution is 6.52. The van der Waals surface area contributed by atoms with Crippen molar-refractivity contribution in [3.63, 3.8) is 0 Å². The van der Waals surface area contributed by atoms with Gasteiger partial charge in [0.05, 0.1) is 23.4 Å². The van der Waals surface area contributed by atoms with Crippen molar-refractivity contribution in [2.24, 2.45) is 0 Å². The molecule has 64 heavy (non-hydrogen) atoms. The lowest BCUT2D eigenvalue weighted by molar-refractivity contribution is -0.135. The van der Waals surface area contributed by atoms with Crippen molar-refractivity contribution in [3.05, 3.63) is 207 Å². The van der Waals surface area contributed by atoms with Crippen LogP contribution in [0, 0.1) is 0 Å². The van der Waals surface area contributed by atoms with Crippen molar-refractivity contribution in [1.29, 1.82) is 0 Å². The summed E-state index contributed by atoms with van der Waals surface area (Å²) in [5.74, 6) is -1.42. The normalized spacial score (nSPS) is 15.1. The fourth-order valence-electron chi connectivity index (χ4n) is 7.10. The molecule has 3 heterocycles. The van der Waals surface area contributed by atoms with E-state index in [0.717, 1.165) is 24.1 Å². The van der Waals surface area contributed by atoms with Gasteiger partial charge in [-0.2, -0.15) is 0 Å². The number of nitrogens with zero attached hydrogens (tertiary/aromatic N) is 1. The number of rotatable bonds is 10. The van der Waals surface area contributed by atoms with E-state index >= 15 is 0 Å². The minimum absolute atomic E-state index is 0.0754. The maximum atomic E-state index is 13.8. The van der Waals surface area contributed by atoms with Crippen molar-refractivity contribution < 1.29 is 38.6 Å². The number of aliphatic hydroxyl groups is 1. The van der Waals surface area contributed by atoms with E-state index in [4.69, 9.17) is 33.0 Å². The number of ketones is 4. The van der Waals surface area contributed by atoms with Gasteiger partial charge >= 0.3 is 0 Å². The molecule has 0 saturated heterocycles. The van der Waals surface area contributed by atoms with Gasteiger partial charge in [-0.1, -0.05) is 158 Å². The first-order valence-corrected chi connectivity index (χ1v) is 21.3. The highest BCUT2D eigenvalue weighted by atomic mass is 35.5. The van der Waals surface area contributed by atoms with Gasteiger partial charge in [0, 0.05) is 51.0 Å². The lowest BCUT2D eigenvalue weighted by Crippen LogP contribution is -2.51. The average molecular weight is 896 g/mol. The zero-order valence-electron chi connectivity index (χ0n) is 35.1. The molecule has 1 spiro atoms. The minimum Gasteiger partial charge on any atom is -0.466 e. The Morgan fingerprint density at radius 3 is 1.69 bits per heavy atom. The smallest absolute Gasteiger partial charge is 0.296 e. The Kier molecular flexibility index (Phi) is 15.6. The number of anilines is 2. The van der Waals surface area contributed by atoms with E-state index < -0.39 is 17.3 Å². The number of carbonyl (C=O) groups is 6. The average Bonchev–Trinajstić information content (AvgIpc) is 3.74. The Morgan fingerprint density at radius 1 is 0.656 bits per heavy atom. The van der Waals surface area contributed by atoms with Crippen LogP contribution < -0.4 is 10.2 Å². The van der Waals surface area contributed by atoms with E-state index in [0.29, 0.717) is 68.0 Å². The molecule has 12 heteroatoms. The largest absolute Gasteiger partial charge is 0.466 e. The highest BCUT2D eigenvalue weighted by Gasteiger charge is 2.64. The summed E-state index contributed by atoms with van der Waals surface area (Å²) >= 11 is 12.0. The predicted octanol–water partition coefficient (Wildman–Crippen LogP) is 10.6. The summed E-state index contributed by atoms with van der Waals surface area (Å²) in [4.78, 5) is 74.7. The molecule has 3 aliphatic heterocycles. The van der Waals surface area contributed by atoms with Crippen LogP contribution >= 0.6 is 23.2 Å². The number of hydrogen-bond acceptors (Lipinski definition) is 8. The SMILES string of the molecule is CCCN1C(=O)[C@@]2(OC(c3ccccc3)=C2C(=O)c2ccccc2)c2cc(Cl)ccc21.CCCO.O=C(CC(=O)c1ccccc1)c1ccccc1.O=C1Nc2ccc(Cl)cc2C1=O. The highest BCUT2D eigenvalue weighted by Crippen LogP contribution is 2.58. The van der Waals surface area contributed by atoms with Crippen LogP contribution in [0.2, 0.25) is 10.0 Å². The van der Waals surface area contributed by atoms with Gasteiger partial charge in [-0.15, -0.1) is 0 Å². The molecule has 0 saturated carbocycles. The van der Waals surface area contributed by atoms with Crippen molar-refractivity contribution in [2.45, 2.75) is 38.7 Å². The van der Waals surface area contributed by atoms with Crippen LogP contribution in [0.4, 0.5) is 11.4 Å². The molecular weight excluding hydrogens is 851 g/mol. The van der Waals surface area contributed by atoms with Crippen LogP contribution in [-0.4, -0.2) is 53.2 Å². The summed E-state index contributed by atoms with van der Waals surface area (Å²) in [7, 11) is 0. The topological polar surface area (TPSA) is 147 Å². The third-order valence-electron chi connectivity index (χ3n) is 10.2. The first-order valence-electron chi connectivity index (χ1n) is 20.6. The van der Waals surface area contributed by atoms with Crippen LogP contribution in [0.25, 0.3) is 5.76 Å². The van der Waals surface area contributed by atoms with E-state index in [1.807, 2.05) is 80.6 Å². The number of fused-ring (bicyclic) bond motifs is 3. The van der Waals surface area contributed by atoms with Crippen LogP contribution in [0.1, 0.15) is 85.7 Å². The number of benzene rings is 6. The van der Waals surface area contributed by atoms with Gasteiger partial charge in [-0.05, 0) is 49.2 Å². The molecular formula is C52H44Cl2N2O8. The second-order valence-corrected chi connectivity index (χ2v) is 15.5. The zero-order valence-corrected chi connectivity index (χ0v) is 36.6. The van der Waals surface area contributed by atoms with Crippen molar-refractivity contribution >= 4 is 75.3 Å². The molecule has 0 fully saturated rings. The molecule has 0 aromatic heterocycles. The molecule has 0 unspecified atom stereocenters. The summed E-state index contributed by atoms with van der Waals surface area (Å²) in [6.45, 7) is 4.79. The van der Waals surface area contributed by atoms with Crippen molar-refractivity contribution in [3.8, 4) is 0 Å². The number of aliphatic hydroxyl groups excluding tert-OH is 1. The number of carbonyl (C=O) groups excluding carboxylic acids is 6. The van der Waals surface area contributed by atoms with E-state index in [2.05, 4.69) is 5.32 Å². The van der Waals surface area contributed by atoms with Gasteiger partial charge in [0.1, 0.15) is 11.3 Å². The number of ether oxygens (including phenoxy) is 1. The third kappa shape index (κ3) is 10.1. The van der Waals surface area contributed by atoms with Crippen LogP contribution in [0.3, 0.4) is 0 Å². The number of amides is 2. The summed E-state index contributed by atoms with van der Waals surface area (Å²) in [6.07, 6.45) is 1.58. The predicted molar refractivity (Wildman–Crippen MR) is 249 cm³/mol. The van der Waals surface area contributed by atoms with E-state index in [9.17, 15) is 28.8 Å². The van der Waals surface area contributed by atoms with Gasteiger partial charge in [-0.25, -0.2) is 0 Å². The summed E-state index contributed by atoms with van der Waals surface area (Å²) in [5, 5.41) is 11.3.